The minimum Gasteiger partial charge on any atom is -0.394 e. The Labute approximate surface area is 394 Å². The van der Waals surface area contributed by atoms with E-state index in [1.807, 2.05) is 6.08 Å². The van der Waals surface area contributed by atoms with Crippen molar-refractivity contribution in [2.24, 2.45) is 0 Å². The molecule has 378 valence electrons. The third-order valence-corrected chi connectivity index (χ3v) is 13.3. The molecule has 1 fully saturated rings. The first kappa shape index (κ1) is 60.7. The monoisotopic (exact) mass is 908 g/mol. The number of rotatable bonds is 47. The molecule has 7 atom stereocenters. The highest BCUT2D eigenvalue weighted by atomic mass is 16.7. The summed E-state index contributed by atoms with van der Waals surface area (Å²) in [5, 5.41) is 54.3. The van der Waals surface area contributed by atoms with Gasteiger partial charge in [-0.2, -0.15) is 0 Å². The van der Waals surface area contributed by atoms with Crippen molar-refractivity contribution in [1.29, 1.82) is 0 Å². The number of hydrogen-bond acceptors (Lipinski definition) is 8. The predicted molar refractivity (Wildman–Crippen MR) is 267 cm³/mol. The summed E-state index contributed by atoms with van der Waals surface area (Å²) in [5.41, 5.74) is 0. The van der Waals surface area contributed by atoms with Crippen LogP contribution in [0.25, 0.3) is 0 Å². The topological polar surface area (TPSA) is 149 Å². The van der Waals surface area contributed by atoms with E-state index in [1.165, 1.54) is 205 Å². The maximum Gasteiger partial charge on any atom is 0.220 e. The quantitative estimate of drug-likeness (QED) is 0.0261. The highest BCUT2D eigenvalue weighted by Gasteiger charge is 2.44. The van der Waals surface area contributed by atoms with E-state index >= 15 is 0 Å². The van der Waals surface area contributed by atoms with Gasteiger partial charge in [0.05, 0.1) is 25.4 Å². The first-order chi connectivity index (χ1) is 31.3. The molecule has 1 aliphatic heterocycles. The van der Waals surface area contributed by atoms with Gasteiger partial charge in [0.25, 0.3) is 0 Å². The van der Waals surface area contributed by atoms with Gasteiger partial charge in [-0.05, 0) is 32.1 Å². The van der Waals surface area contributed by atoms with Crippen LogP contribution in [0.3, 0.4) is 0 Å². The lowest BCUT2D eigenvalue weighted by molar-refractivity contribution is -0.302. The Bertz CT molecular complexity index is 1060. The maximum absolute atomic E-state index is 13.0. The summed E-state index contributed by atoms with van der Waals surface area (Å²) in [4.78, 5) is 13.0. The van der Waals surface area contributed by atoms with E-state index in [-0.39, 0.29) is 12.5 Å². The minimum atomic E-state index is -1.57. The van der Waals surface area contributed by atoms with Crippen molar-refractivity contribution in [3.8, 4) is 0 Å². The van der Waals surface area contributed by atoms with Crippen LogP contribution in [0.4, 0.5) is 0 Å². The van der Waals surface area contributed by atoms with E-state index in [0.29, 0.717) is 6.42 Å². The van der Waals surface area contributed by atoms with E-state index in [0.717, 1.165) is 38.5 Å². The van der Waals surface area contributed by atoms with Gasteiger partial charge in [-0.15, -0.1) is 0 Å². The standard InChI is InChI=1S/C55H105NO8/c1-3-5-7-9-11-13-15-17-18-19-20-21-22-23-24-25-26-27-28-29-30-31-32-33-34-36-38-40-42-44-49(58)48(47-63-55-54(62)53(61)52(60)50(46-57)64-55)56-51(59)45-43-41-39-37-35-16-14-12-10-8-6-4-2/h34,36,42,44,48-50,52-55,57-58,60-62H,3-33,35,37-41,43,45-47H2,1-2H3,(H,56,59)/b36-34+,44-42+. The number of amides is 1. The normalized spacial score (nSPS) is 20.1. The summed E-state index contributed by atoms with van der Waals surface area (Å²) in [7, 11) is 0. The number of carbonyl (C=O) groups excluding carboxylic acids is 1. The number of allylic oxidation sites excluding steroid dienone is 3. The fourth-order valence-corrected chi connectivity index (χ4v) is 8.88. The lowest BCUT2D eigenvalue weighted by atomic mass is 9.99. The molecule has 9 nitrogen and oxygen atoms in total. The molecule has 0 saturated carbocycles. The van der Waals surface area contributed by atoms with Gasteiger partial charge < -0.3 is 40.3 Å². The maximum atomic E-state index is 13.0. The van der Waals surface area contributed by atoms with Crippen molar-refractivity contribution >= 4 is 5.91 Å². The van der Waals surface area contributed by atoms with Gasteiger partial charge in [-0.1, -0.05) is 250 Å². The molecule has 1 rings (SSSR count). The molecular weight excluding hydrogens is 803 g/mol. The van der Waals surface area contributed by atoms with Crippen LogP contribution in [-0.4, -0.2) is 87.5 Å². The summed E-state index contributed by atoms with van der Waals surface area (Å²) in [6.45, 7) is 3.78. The van der Waals surface area contributed by atoms with E-state index in [1.54, 1.807) is 6.08 Å². The lowest BCUT2D eigenvalue weighted by Crippen LogP contribution is -2.60. The second-order valence-corrected chi connectivity index (χ2v) is 19.4. The predicted octanol–water partition coefficient (Wildman–Crippen LogP) is 13.0. The molecule has 0 aliphatic carbocycles. The average Bonchev–Trinajstić information content (AvgIpc) is 3.29. The first-order valence-corrected chi connectivity index (χ1v) is 27.6. The molecule has 0 aromatic carbocycles. The zero-order valence-corrected chi connectivity index (χ0v) is 41.8. The van der Waals surface area contributed by atoms with Gasteiger partial charge in [-0.25, -0.2) is 0 Å². The summed E-state index contributed by atoms with van der Waals surface area (Å²) >= 11 is 0. The van der Waals surface area contributed by atoms with Gasteiger partial charge in [0.2, 0.25) is 5.91 Å². The summed E-state index contributed by atoms with van der Waals surface area (Å²) in [5.74, 6) is -0.185. The fraction of sp³-hybridized carbons (Fsp3) is 0.909. The molecule has 1 amide bonds. The van der Waals surface area contributed by atoms with Crippen molar-refractivity contribution in [3.05, 3.63) is 24.3 Å². The van der Waals surface area contributed by atoms with Crippen LogP contribution < -0.4 is 5.32 Å². The van der Waals surface area contributed by atoms with Crippen molar-refractivity contribution in [3.63, 3.8) is 0 Å². The van der Waals surface area contributed by atoms with Crippen molar-refractivity contribution in [1.82, 2.24) is 5.32 Å². The van der Waals surface area contributed by atoms with Crippen LogP contribution in [0.5, 0.6) is 0 Å². The Morgan fingerprint density at radius 2 is 0.891 bits per heavy atom. The van der Waals surface area contributed by atoms with E-state index in [9.17, 15) is 30.3 Å². The number of carbonyl (C=O) groups is 1. The van der Waals surface area contributed by atoms with Crippen LogP contribution in [-0.2, 0) is 14.3 Å². The Balaban J connectivity index is 2.20. The molecule has 0 radical (unpaired) electrons. The van der Waals surface area contributed by atoms with Gasteiger partial charge >= 0.3 is 0 Å². The van der Waals surface area contributed by atoms with Crippen LogP contribution in [0.1, 0.15) is 264 Å². The summed E-state index contributed by atoms with van der Waals surface area (Å²) in [6, 6.07) is -0.817. The first-order valence-electron chi connectivity index (χ1n) is 27.6. The van der Waals surface area contributed by atoms with E-state index < -0.39 is 49.5 Å². The number of ether oxygens (including phenoxy) is 2. The summed E-state index contributed by atoms with van der Waals surface area (Å²) < 4.78 is 11.2. The van der Waals surface area contributed by atoms with Crippen LogP contribution in [0.15, 0.2) is 24.3 Å². The van der Waals surface area contributed by atoms with Crippen molar-refractivity contribution < 1.29 is 39.8 Å². The minimum absolute atomic E-state index is 0.185. The smallest absolute Gasteiger partial charge is 0.220 e. The number of aliphatic hydroxyl groups excluding tert-OH is 5. The molecule has 6 N–H and O–H groups in total. The molecule has 0 aromatic heterocycles. The fourth-order valence-electron chi connectivity index (χ4n) is 8.88. The summed E-state index contributed by atoms with van der Waals surface area (Å²) in [6.07, 6.45) is 49.7. The van der Waals surface area contributed by atoms with Gasteiger partial charge in [0.15, 0.2) is 6.29 Å². The molecule has 1 heterocycles. The molecule has 7 unspecified atom stereocenters. The Hall–Kier alpha value is -1.33. The van der Waals surface area contributed by atoms with Crippen LogP contribution >= 0.6 is 0 Å². The molecule has 64 heavy (non-hydrogen) atoms. The zero-order chi connectivity index (χ0) is 46.6. The molecule has 1 aliphatic rings. The van der Waals surface area contributed by atoms with Crippen molar-refractivity contribution in [2.75, 3.05) is 13.2 Å². The molecule has 9 heteroatoms. The number of aliphatic hydroxyl groups is 5. The number of hydrogen-bond donors (Lipinski definition) is 6. The SMILES string of the molecule is CCCCCCCCCCCCCCCCCCCCCCCCC/C=C/CC/C=C/C(O)C(COC1OC(CO)C(O)C(O)C1O)NC(=O)CCCCCCCCCCCCCC. The Kier molecular flexibility index (Phi) is 43.1. The van der Waals surface area contributed by atoms with E-state index in [4.69, 9.17) is 9.47 Å². The zero-order valence-electron chi connectivity index (χ0n) is 41.8. The Morgan fingerprint density at radius 3 is 1.31 bits per heavy atom. The average molecular weight is 908 g/mol. The number of nitrogens with one attached hydrogen (secondary N) is 1. The highest BCUT2D eigenvalue weighted by Crippen LogP contribution is 2.23. The van der Waals surface area contributed by atoms with Crippen LogP contribution in [0, 0.1) is 0 Å². The van der Waals surface area contributed by atoms with Gasteiger partial charge in [0.1, 0.15) is 24.4 Å². The number of unbranched alkanes of at least 4 members (excludes halogenated alkanes) is 35. The van der Waals surface area contributed by atoms with Gasteiger partial charge in [-0.3, -0.25) is 4.79 Å². The molecular formula is C55H105NO8. The van der Waals surface area contributed by atoms with E-state index in [2.05, 4.69) is 31.3 Å². The van der Waals surface area contributed by atoms with Crippen molar-refractivity contribution in [2.45, 2.75) is 307 Å². The third-order valence-electron chi connectivity index (χ3n) is 13.3. The Morgan fingerprint density at radius 1 is 0.516 bits per heavy atom. The molecule has 1 saturated heterocycles. The second-order valence-electron chi connectivity index (χ2n) is 19.4. The highest BCUT2D eigenvalue weighted by molar-refractivity contribution is 5.76. The van der Waals surface area contributed by atoms with Gasteiger partial charge in [0, 0.05) is 6.42 Å². The molecule has 0 spiro atoms. The molecule has 0 bridgehead atoms. The molecule has 0 aromatic rings. The second kappa shape index (κ2) is 45.5. The largest absolute Gasteiger partial charge is 0.394 e. The third kappa shape index (κ3) is 34.9. The van der Waals surface area contributed by atoms with Crippen LogP contribution in [0.2, 0.25) is 0 Å². The lowest BCUT2D eigenvalue weighted by Gasteiger charge is -2.40.